The Balaban J connectivity index is 4.52. The normalized spacial score (nSPS) is 13.9. The van der Waals surface area contributed by atoms with Crippen LogP contribution in [0.25, 0.3) is 0 Å². The predicted octanol–water partition coefficient (Wildman–Crippen LogP) is 2.02. The average molecular weight is 259 g/mol. The van der Waals surface area contributed by atoms with Crippen molar-refractivity contribution in [2.45, 2.75) is 33.3 Å². The van der Waals surface area contributed by atoms with Crippen LogP contribution in [0.5, 0.6) is 0 Å². The molecule has 0 aliphatic rings. The maximum Gasteiger partial charge on any atom is 0.275 e. The molecule has 17 heavy (non-hydrogen) atoms. The van der Waals surface area contributed by atoms with Gasteiger partial charge in [0.1, 0.15) is 6.61 Å². The van der Waals surface area contributed by atoms with E-state index >= 15 is 0 Å². The van der Waals surface area contributed by atoms with Crippen LogP contribution in [-0.2, 0) is 9.63 Å². The van der Waals surface area contributed by atoms with Crippen molar-refractivity contribution in [1.29, 1.82) is 0 Å². The topological polar surface area (TPSA) is 58.6 Å². The number of carbonyl (C=O) groups is 1. The zero-order valence-corrected chi connectivity index (χ0v) is 11.5. The fourth-order valence-corrected chi connectivity index (χ4v) is 2.04. The van der Waals surface area contributed by atoms with Crippen molar-refractivity contribution < 1.29 is 14.7 Å². The smallest absolute Gasteiger partial charge is 0.275 e. The van der Waals surface area contributed by atoms with E-state index in [1.165, 1.54) is 6.08 Å². The van der Waals surface area contributed by atoms with Crippen molar-refractivity contribution in [3.63, 3.8) is 0 Å². The minimum absolute atomic E-state index is 0.0680. The Bertz CT molecular complexity index is 287. The number of allylic oxidation sites excluding steroid dienone is 1. The molecule has 2 N–H and O–H groups in total. The summed E-state index contributed by atoms with van der Waals surface area (Å²) in [6.45, 7) is 9.31. The fraction of sp³-hybridized carbons (Fsp3) is 0.583. The summed E-state index contributed by atoms with van der Waals surface area (Å²) in [6.07, 6.45) is 1.70. The number of hydrogen-bond acceptors (Lipinski definition) is 4. The summed E-state index contributed by atoms with van der Waals surface area (Å²) in [5.74, 6) is 0.584. The molecule has 0 radical (unpaired) electrons. The molecule has 4 nitrogen and oxygen atoms in total. The van der Waals surface area contributed by atoms with E-state index in [1.54, 1.807) is 18.7 Å². The number of rotatable bonds is 8. The molecule has 1 amide bonds. The minimum Gasteiger partial charge on any atom is -0.391 e. The molecule has 0 aliphatic heterocycles. The summed E-state index contributed by atoms with van der Waals surface area (Å²) in [5, 5.41) is 8.99. The van der Waals surface area contributed by atoms with Crippen LogP contribution in [0, 0.1) is 0 Å². The van der Waals surface area contributed by atoms with Crippen LogP contribution in [0.4, 0.5) is 0 Å². The molecule has 0 rings (SSSR count). The van der Waals surface area contributed by atoms with Crippen LogP contribution < -0.4 is 5.48 Å². The van der Waals surface area contributed by atoms with Gasteiger partial charge in [-0.1, -0.05) is 26.5 Å². The van der Waals surface area contributed by atoms with Crippen LogP contribution in [0.15, 0.2) is 23.1 Å². The molecule has 5 heteroatoms. The van der Waals surface area contributed by atoms with Gasteiger partial charge in [0.05, 0.1) is 11.7 Å². The van der Waals surface area contributed by atoms with E-state index in [0.29, 0.717) is 5.57 Å². The maximum atomic E-state index is 11.8. The Labute approximate surface area is 107 Å². The molecule has 0 fully saturated rings. The van der Waals surface area contributed by atoms with E-state index in [2.05, 4.69) is 12.1 Å². The largest absolute Gasteiger partial charge is 0.391 e. The molecule has 0 bridgehead atoms. The van der Waals surface area contributed by atoms with Crippen molar-refractivity contribution in [2.24, 2.45) is 0 Å². The van der Waals surface area contributed by atoms with Gasteiger partial charge in [-0.2, -0.15) is 0 Å². The average Bonchev–Trinajstić information content (AvgIpc) is 2.28. The van der Waals surface area contributed by atoms with Gasteiger partial charge in [-0.3, -0.25) is 9.63 Å². The molecule has 1 unspecified atom stereocenters. The first kappa shape index (κ1) is 16.2. The lowest BCUT2D eigenvalue weighted by Crippen LogP contribution is -2.28. The summed E-state index contributed by atoms with van der Waals surface area (Å²) in [7, 11) is 0. The fourth-order valence-electron chi connectivity index (χ4n) is 1.16. The lowest BCUT2D eigenvalue weighted by atomic mass is 10.2. The van der Waals surface area contributed by atoms with E-state index in [-0.39, 0.29) is 12.5 Å². The molecule has 0 aromatic heterocycles. The second-order valence-corrected chi connectivity index (χ2v) is 4.78. The Morgan fingerprint density at radius 3 is 2.65 bits per heavy atom. The third kappa shape index (κ3) is 6.51. The zero-order valence-electron chi connectivity index (χ0n) is 10.7. The molecular formula is C12H21NO3S. The summed E-state index contributed by atoms with van der Waals surface area (Å²) < 4.78 is 0. The molecule has 0 spiro atoms. The standard InChI is InChI=1S/C12H21NO3S/c1-5-10(11(6-2)17-7-3)12(15)13-16-8-9(4)14/h5,9,14H,1,6-8H2,2-4H3,(H,13,15)/b11-10+. The van der Waals surface area contributed by atoms with E-state index in [0.717, 1.165) is 17.1 Å². The zero-order chi connectivity index (χ0) is 13.3. The van der Waals surface area contributed by atoms with Crippen molar-refractivity contribution in [3.8, 4) is 0 Å². The van der Waals surface area contributed by atoms with Gasteiger partial charge in [0.25, 0.3) is 5.91 Å². The number of thioether (sulfide) groups is 1. The first-order valence-corrected chi connectivity index (χ1v) is 6.63. The van der Waals surface area contributed by atoms with Gasteiger partial charge in [0.15, 0.2) is 0 Å². The quantitative estimate of drug-likeness (QED) is 0.398. The maximum absolute atomic E-state index is 11.8. The summed E-state index contributed by atoms with van der Waals surface area (Å²) in [5.41, 5.74) is 2.83. The Kier molecular flexibility index (Phi) is 8.85. The van der Waals surface area contributed by atoms with E-state index in [9.17, 15) is 4.79 Å². The third-order valence-corrected chi connectivity index (χ3v) is 3.02. The summed E-state index contributed by atoms with van der Waals surface area (Å²) in [4.78, 5) is 17.6. The van der Waals surface area contributed by atoms with Gasteiger partial charge in [-0.25, -0.2) is 5.48 Å². The second-order valence-electron chi connectivity index (χ2n) is 3.42. The summed E-state index contributed by atoms with van der Waals surface area (Å²) >= 11 is 1.62. The molecule has 0 saturated carbocycles. The first-order chi connectivity index (χ1) is 8.06. The predicted molar refractivity (Wildman–Crippen MR) is 71.4 cm³/mol. The van der Waals surface area contributed by atoms with E-state index in [4.69, 9.17) is 9.94 Å². The number of hydroxylamine groups is 1. The lowest BCUT2D eigenvalue weighted by molar-refractivity contribution is -0.131. The summed E-state index contributed by atoms with van der Waals surface area (Å²) in [6, 6.07) is 0. The number of nitrogens with one attached hydrogen (secondary N) is 1. The molecule has 0 aliphatic carbocycles. The van der Waals surface area contributed by atoms with Crippen molar-refractivity contribution >= 4 is 17.7 Å². The van der Waals surface area contributed by atoms with Crippen LogP contribution in [0.3, 0.4) is 0 Å². The molecule has 0 aromatic rings. The highest BCUT2D eigenvalue weighted by Gasteiger charge is 2.11. The Hall–Kier alpha value is -0.780. The molecule has 0 heterocycles. The molecule has 1 atom stereocenters. The SMILES string of the molecule is C=C/C(C(=O)NOCC(C)O)=C(/CC)SCC. The Morgan fingerprint density at radius 1 is 1.59 bits per heavy atom. The van der Waals surface area contributed by atoms with Crippen LogP contribution in [0.2, 0.25) is 0 Å². The van der Waals surface area contributed by atoms with Crippen molar-refractivity contribution in [2.75, 3.05) is 12.4 Å². The molecule has 0 aromatic carbocycles. The van der Waals surface area contributed by atoms with Gasteiger partial charge in [-0.05, 0) is 24.0 Å². The molecular weight excluding hydrogens is 238 g/mol. The highest BCUT2D eigenvalue weighted by atomic mass is 32.2. The second kappa shape index (κ2) is 9.27. The number of carbonyl (C=O) groups excluding carboxylic acids is 1. The van der Waals surface area contributed by atoms with Gasteiger partial charge in [0, 0.05) is 0 Å². The first-order valence-electron chi connectivity index (χ1n) is 5.65. The number of aliphatic hydroxyl groups is 1. The van der Waals surface area contributed by atoms with E-state index in [1.807, 2.05) is 13.8 Å². The minimum atomic E-state index is -0.609. The molecule has 0 saturated heterocycles. The van der Waals surface area contributed by atoms with Crippen LogP contribution in [-0.4, -0.2) is 29.5 Å². The van der Waals surface area contributed by atoms with E-state index < -0.39 is 6.10 Å². The van der Waals surface area contributed by atoms with Gasteiger partial charge in [-0.15, -0.1) is 11.8 Å². The van der Waals surface area contributed by atoms with Crippen LogP contribution in [0.1, 0.15) is 27.2 Å². The highest BCUT2D eigenvalue weighted by molar-refractivity contribution is 8.03. The highest BCUT2D eigenvalue weighted by Crippen LogP contribution is 2.23. The number of aliphatic hydroxyl groups excluding tert-OH is 1. The number of amides is 1. The van der Waals surface area contributed by atoms with Crippen LogP contribution >= 0.6 is 11.8 Å². The van der Waals surface area contributed by atoms with Gasteiger partial charge in [0.2, 0.25) is 0 Å². The monoisotopic (exact) mass is 259 g/mol. The van der Waals surface area contributed by atoms with Crippen molar-refractivity contribution in [3.05, 3.63) is 23.1 Å². The third-order valence-electron chi connectivity index (χ3n) is 1.88. The van der Waals surface area contributed by atoms with Crippen molar-refractivity contribution in [1.82, 2.24) is 5.48 Å². The lowest BCUT2D eigenvalue weighted by Gasteiger charge is -2.11. The van der Waals surface area contributed by atoms with Gasteiger partial charge < -0.3 is 5.11 Å². The molecule has 98 valence electrons. The Morgan fingerprint density at radius 2 is 2.24 bits per heavy atom. The number of hydrogen-bond donors (Lipinski definition) is 2. The van der Waals surface area contributed by atoms with Gasteiger partial charge >= 0.3 is 0 Å².